The second-order valence-corrected chi connectivity index (χ2v) is 6.28. The molecule has 2 aromatic carbocycles. The number of halogens is 2. The lowest BCUT2D eigenvalue weighted by atomic mass is 9.86. The van der Waals surface area contributed by atoms with Crippen molar-refractivity contribution in [2.75, 3.05) is 11.9 Å². The van der Waals surface area contributed by atoms with Crippen LogP contribution in [0.3, 0.4) is 0 Å². The predicted octanol–water partition coefficient (Wildman–Crippen LogP) is 4.53. The lowest BCUT2D eigenvalue weighted by molar-refractivity contribution is 0.102. The summed E-state index contributed by atoms with van der Waals surface area (Å²) in [6.45, 7) is 0.474. The first-order valence-corrected chi connectivity index (χ1v) is 8.55. The fraction of sp³-hybridized carbons (Fsp3) is 0.143. The smallest absolute Gasteiger partial charge is 0.259 e. The molecule has 1 aliphatic heterocycles. The van der Waals surface area contributed by atoms with Crippen LogP contribution in [0.1, 0.15) is 33.8 Å². The number of benzene rings is 2. The molecule has 4 rings (SSSR count). The van der Waals surface area contributed by atoms with Gasteiger partial charge in [-0.2, -0.15) is 0 Å². The summed E-state index contributed by atoms with van der Waals surface area (Å²) in [6.07, 6.45) is 4.32. The van der Waals surface area contributed by atoms with Crippen LogP contribution in [0.15, 0.2) is 60.9 Å². The highest BCUT2D eigenvalue weighted by atomic mass is 19.2. The number of amides is 1. The lowest BCUT2D eigenvalue weighted by Crippen LogP contribution is -2.20. The highest BCUT2D eigenvalue weighted by molar-refractivity contribution is 6.06. The number of fused-ring (bicyclic) bond motifs is 1. The van der Waals surface area contributed by atoms with Gasteiger partial charge in [0.1, 0.15) is 5.75 Å². The molecule has 1 aliphatic rings. The van der Waals surface area contributed by atoms with Crippen molar-refractivity contribution in [1.29, 1.82) is 0 Å². The van der Waals surface area contributed by atoms with Crippen LogP contribution in [0, 0.1) is 11.6 Å². The third-order valence-electron chi connectivity index (χ3n) is 4.58. The minimum atomic E-state index is -1.02. The van der Waals surface area contributed by atoms with Gasteiger partial charge in [0.15, 0.2) is 11.6 Å². The van der Waals surface area contributed by atoms with E-state index in [9.17, 15) is 13.6 Å². The minimum absolute atomic E-state index is 0.0819. The molecular weight excluding hydrogens is 350 g/mol. The Labute approximate surface area is 154 Å². The van der Waals surface area contributed by atoms with Gasteiger partial charge in [0.25, 0.3) is 5.91 Å². The second kappa shape index (κ2) is 7.15. The van der Waals surface area contributed by atoms with Crippen LogP contribution >= 0.6 is 0 Å². The Morgan fingerprint density at radius 3 is 2.78 bits per heavy atom. The molecule has 3 aromatic rings. The SMILES string of the molecule is O=C(Nc1ccc(F)c(F)c1)c1cccc2c1OCCC2c1cccnc1. The summed E-state index contributed by atoms with van der Waals surface area (Å²) in [7, 11) is 0. The third kappa shape index (κ3) is 3.38. The molecule has 0 bridgehead atoms. The number of nitrogens with one attached hydrogen (secondary N) is 1. The van der Waals surface area contributed by atoms with Crippen LogP contribution in [0.25, 0.3) is 0 Å². The number of carbonyl (C=O) groups is 1. The zero-order valence-corrected chi connectivity index (χ0v) is 14.3. The minimum Gasteiger partial charge on any atom is -0.492 e. The highest BCUT2D eigenvalue weighted by Crippen LogP contribution is 2.40. The summed E-state index contributed by atoms with van der Waals surface area (Å²) in [5.74, 6) is -1.83. The molecule has 1 N–H and O–H groups in total. The molecule has 2 heterocycles. The largest absolute Gasteiger partial charge is 0.492 e. The number of pyridine rings is 1. The maximum absolute atomic E-state index is 13.4. The van der Waals surface area contributed by atoms with E-state index in [1.54, 1.807) is 18.3 Å². The number of hydrogen-bond acceptors (Lipinski definition) is 3. The normalized spacial score (nSPS) is 15.6. The maximum Gasteiger partial charge on any atom is 0.259 e. The van der Waals surface area contributed by atoms with Crippen molar-refractivity contribution >= 4 is 11.6 Å². The van der Waals surface area contributed by atoms with Crippen LogP contribution in [0.4, 0.5) is 14.5 Å². The second-order valence-electron chi connectivity index (χ2n) is 6.28. The van der Waals surface area contributed by atoms with Gasteiger partial charge >= 0.3 is 0 Å². The molecule has 0 saturated carbocycles. The topological polar surface area (TPSA) is 51.2 Å². The Balaban J connectivity index is 1.66. The number of aromatic nitrogens is 1. The van der Waals surface area contributed by atoms with Gasteiger partial charge in [-0.15, -0.1) is 0 Å². The highest BCUT2D eigenvalue weighted by Gasteiger charge is 2.27. The zero-order valence-electron chi connectivity index (χ0n) is 14.3. The third-order valence-corrected chi connectivity index (χ3v) is 4.58. The summed E-state index contributed by atoms with van der Waals surface area (Å²) < 4.78 is 32.3. The van der Waals surface area contributed by atoms with Crippen LogP contribution < -0.4 is 10.1 Å². The average Bonchev–Trinajstić information content (AvgIpc) is 2.70. The van der Waals surface area contributed by atoms with Crippen molar-refractivity contribution in [3.05, 3.63) is 89.2 Å². The zero-order chi connectivity index (χ0) is 18.8. The number of nitrogens with zero attached hydrogens (tertiary/aromatic N) is 1. The van der Waals surface area contributed by atoms with E-state index < -0.39 is 17.5 Å². The maximum atomic E-state index is 13.4. The molecular formula is C21H16F2N2O2. The molecule has 0 spiro atoms. The number of rotatable bonds is 3. The Hall–Kier alpha value is -3.28. The quantitative estimate of drug-likeness (QED) is 0.741. The molecule has 1 aromatic heterocycles. The van der Waals surface area contributed by atoms with Gasteiger partial charge in [-0.25, -0.2) is 8.78 Å². The van der Waals surface area contributed by atoms with Crippen molar-refractivity contribution in [1.82, 2.24) is 4.98 Å². The Kier molecular flexibility index (Phi) is 4.54. The first kappa shape index (κ1) is 17.1. The van der Waals surface area contributed by atoms with Gasteiger partial charge in [0.2, 0.25) is 0 Å². The molecule has 136 valence electrons. The van der Waals surface area contributed by atoms with Gasteiger partial charge in [-0.3, -0.25) is 9.78 Å². The van der Waals surface area contributed by atoms with Crippen molar-refractivity contribution in [3.63, 3.8) is 0 Å². The number of anilines is 1. The molecule has 0 fully saturated rings. The molecule has 0 saturated heterocycles. The molecule has 6 heteroatoms. The predicted molar refractivity (Wildman–Crippen MR) is 96.9 cm³/mol. The van der Waals surface area contributed by atoms with Crippen molar-refractivity contribution in [3.8, 4) is 5.75 Å². The van der Waals surface area contributed by atoms with E-state index in [-0.39, 0.29) is 11.6 Å². The van der Waals surface area contributed by atoms with Crippen LogP contribution in [-0.4, -0.2) is 17.5 Å². The van der Waals surface area contributed by atoms with Crippen LogP contribution in [0.2, 0.25) is 0 Å². The first-order valence-electron chi connectivity index (χ1n) is 8.55. The summed E-state index contributed by atoms with van der Waals surface area (Å²) in [4.78, 5) is 16.9. The van der Waals surface area contributed by atoms with Gasteiger partial charge in [0.05, 0.1) is 12.2 Å². The Morgan fingerprint density at radius 2 is 2.00 bits per heavy atom. The molecule has 1 amide bonds. The summed E-state index contributed by atoms with van der Waals surface area (Å²) in [5, 5.41) is 2.59. The fourth-order valence-corrected chi connectivity index (χ4v) is 3.30. The average molecular weight is 366 g/mol. The standard InChI is InChI=1S/C21H16F2N2O2/c22-18-7-6-14(11-19(18)23)25-21(26)17-5-1-4-16-15(8-10-27-20(16)17)13-3-2-9-24-12-13/h1-7,9,11-12,15H,8,10H2,(H,25,26). The van der Waals surface area contributed by atoms with E-state index >= 15 is 0 Å². The fourth-order valence-electron chi connectivity index (χ4n) is 3.30. The molecule has 0 radical (unpaired) electrons. The molecule has 1 unspecified atom stereocenters. The number of hydrogen-bond donors (Lipinski definition) is 1. The van der Waals surface area contributed by atoms with Gasteiger partial charge in [-0.05, 0) is 36.2 Å². The summed E-state index contributed by atoms with van der Waals surface area (Å²) in [5.41, 5.74) is 2.49. The summed E-state index contributed by atoms with van der Waals surface area (Å²) >= 11 is 0. The van der Waals surface area contributed by atoms with E-state index in [0.29, 0.717) is 17.9 Å². The van der Waals surface area contributed by atoms with Gasteiger partial charge in [-0.1, -0.05) is 18.2 Å². The lowest BCUT2D eigenvalue weighted by Gasteiger charge is -2.27. The molecule has 27 heavy (non-hydrogen) atoms. The van der Waals surface area contributed by atoms with Crippen LogP contribution in [0.5, 0.6) is 5.75 Å². The Morgan fingerprint density at radius 1 is 1.11 bits per heavy atom. The van der Waals surface area contributed by atoms with E-state index in [4.69, 9.17) is 4.74 Å². The van der Waals surface area contributed by atoms with Crippen LogP contribution in [-0.2, 0) is 0 Å². The van der Waals surface area contributed by atoms with E-state index in [1.165, 1.54) is 6.07 Å². The molecule has 4 nitrogen and oxygen atoms in total. The molecule has 1 atom stereocenters. The summed E-state index contributed by atoms with van der Waals surface area (Å²) in [6, 6.07) is 12.5. The molecule has 0 aliphatic carbocycles. The van der Waals surface area contributed by atoms with Gasteiger partial charge in [0, 0.05) is 35.6 Å². The van der Waals surface area contributed by atoms with E-state index in [2.05, 4.69) is 10.3 Å². The monoisotopic (exact) mass is 366 g/mol. The van der Waals surface area contributed by atoms with Crippen molar-refractivity contribution in [2.24, 2.45) is 0 Å². The van der Waals surface area contributed by atoms with E-state index in [0.717, 1.165) is 29.7 Å². The van der Waals surface area contributed by atoms with E-state index in [1.807, 2.05) is 24.4 Å². The first-order chi connectivity index (χ1) is 13.1. The van der Waals surface area contributed by atoms with Crippen molar-refractivity contribution < 1.29 is 18.3 Å². The van der Waals surface area contributed by atoms with Gasteiger partial charge < -0.3 is 10.1 Å². The number of carbonyl (C=O) groups excluding carboxylic acids is 1. The number of ether oxygens (including phenoxy) is 1. The van der Waals surface area contributed by atoms with Crippen molar-refractivity contribution in [2.45, 2.75) is 12.3 Å². The Bertz CT molecular complexity index is 993. The number of para-hydroxylation sites is 1.